The summed E-state index contributed by atoms with van der Waals surface area (Å²) in [5, 5.41) is 0. The smallest absolute Gasteiger partial charge is 0.318 e. The minimum Gasteiger partial charge on any atom is -0.318 e. The summed E-state index contributed by atoms with van der Waals surface area (Å²) in [4.78, 5) is 25.0. The molecule has 0 unspecified atom stereocenters. The largest absolute Gasteiger partial charge is 0.327 e. The van der Waals surface area contributed by atoms with Crippen LogP contribution in [-0.4, -0.2) is 45.6 Å². The number of halogens is 2. The van der Waals surface area contributed by atoms with Gasteiger partial charge in [0, 0.05) is 7.05 Å². The zero-order valence-electron chi connectivity index (χ0n) is 6.46. The van der Waals surface area contributed by atoms with Crippen molar-refractivity contribution in [1.82, 2.24) is 9.80 Å². The van der Waals surface area contributed by atoms with Crippen molar-refractivity contribution in [2.24, 2.45) is 0 Å². The maximum absolute atomic E-state index is 11.2. The van der Waals surface area contributed by atoms with Crippen LogP contribution in [0.3, 0.4) is 0 Å². The van der Waals surface area contributed by atoms with E-state index in [0.29, 0.717) is 6.54 Å². The molecule has 0 aromatic heterocycles. The minimum absolute atomic E-state index is 0.0376. The maximum Gasteiger partial charge on any atom is 0.327 e. The third kappa shape index (κ3) is 1.98. The van der Waals surface area contributed by atoms with Crippen molar-refractivity contribution >= 4 is 43.8 Å². The Balaban J connectivity index is 2.64. The van der Waals surface area contributed by atoms with E-state index in [1.807, 2.05) is 0 Å². The van der Waals surface area contributed by atoms with E-state index in [1.54, 1.807) is 7.05 Å². The lowest BCUT2D eigenvalue weighted by atomic mass is 10.5. The molecule has 0 spiro atoms. The highest BCUT2D eigenvalue weighted by Crippen LogP contribution is 2.15. The molecule has 0 radical (unpaired) electrons. The number of hydrogen-bond donors (Lipinski definition) is 0. The van der Waals surface area contributed by atoms with Crippen LogP contribution in [0.15, 0.2) is 0 Å². The first kappa shape index (κ1) is 9.98. The van der Waals surface area contributed by atoms with Crippen molar-refractivity contribution in [3.63, 3.8) is 0 Å². The van der Waals surface area contributed by atoms with E-state index in [0.717, 1.165) is 0 Å². The molecule has 1 aliphatic heterocycles. The molecule has 0 atom stereocenters. The maximum atomic E-state index is 11.2. The Morgan fingerprint density at radius 2 is 2.08 bits per heavy atom. The fraction of sp³-hybridized carbons (Fsp3) is 0.667. The second kappa shape index (κ2) is 3.74. The highest BCUT2D eigenvalue weighted by Gasteiger charge is 2.33. The number of rotatable bonds is 2. The van der Waals surface area contributed by atoms with Gasteiger partial charge in [-0.15, -0.1) is 0 Å². The first-order valence-corrected chi connectivity index (χ1v) is 5.19. The van der Waals surface area contributed by atoms with E-state index < -0.39 is 0 Å². The van der Waals surface area contributed by atoms with E-state index >= 15 is 0 Å². The zero-order chi connectivity index (χ0) is 9.30. The first-order valence-electron chi connectivity index (χ1n) is 3.36. The molecule has 6 heteroatoms. The predicted octanol–water partition coefficient (Wildman–Crippen LogP) is 0.996. The van der Waals surface area contributed by atoms with Crippen molar-refractivity contribution in [3.8, 4) is 0 Å². The number of nitrogens with zero attached hydrogens (tertiary/aromatic N) is 2. The molecule has 1 rings (SSSR count). The number of hydrogen-bond acceptors (Lipinski definition) is 2. The van der Waals surface area contributed by atoms with E-state index in [4.69, 9.17) is 0 Å². The molecular weight excluding hydrogens is 292 g/mol. The minimum atomic E-state index is -0.232. The monoisotopic (exact) mass is 298 g/mol. The van der Waals surface area contributed by atoms with E-state index in [9.17, 15) is 9.59 Å². The summed E-state index contributed by atoms with van der Waals surface area (Å²) in [5.41, 5.74) is 0. The van der Waals surface area contributed by atoms with Gasteiger partial charge in [0.05, 0.1) is 10.3 Å². The Morgan fingerprint density at radius 1 is 1.50 bits per heavy atom. The third-order valence-corrected chi connectivity index (χ3v) is 2.13. The molecule has 12 heavy (non-hydrogen) atoms. The van der Waals surface area contributed by atoms with Gasteiger partial charge in [0.1, 0.15) is 6.54 Å². The SMILES string of the molecule is CN1CC(=O)N(CC(Br)Br)C1=O. The number of imide groups is 1. The third-order valence-electron chi connectivity index (χ3n) is 1.55. The topological polar surface area (TPSA) is 40.6 Å². The van der Waals surface area contributed by atoms with Gasteiger partial charge in [-0.25, -0.2) is 4.79 Å². The fourth-order valence-corrected chi connectivity index (χ4v) is 1.57. The summed E-state index contributed by atoms with van der Waals surface area (Å²) in [7, 11) is 1.61. The van der Waals surface area contributed by atoms with Gasteiger partial charge in [-0.1, -0.05) is 31.9 Å². The van der Waals surface area contributed by atoms with Crippen molar-refractivity contribution in [3.05, 3.63) is 0 Å². The lowest BCUT2D eigenvalue weighted by Crippen LogP contribution is -2.34. The number of likely N-dealkylation sites (N-methyl/N-ethyl adjacent to an activating group) is 1. The van der Waals surface area contributed by atoms with Gasteiger partial charge in [-0.05, 0) is 0 Å². The molecule has 0 aliphatic carbocycles. The van der Waals surface area contributed by atoms with Crippen molar-refractivity contribution in [2.75, 3.05) is 20.1 Å². The Bertz CT molecular complexity index is 220. The molecule has 1 saturated heterocycles. The summed E-state index contributed by atoms with van der Waals surface area (Å²) < 4.78 is -0.0376. The summed E-state index contributed by atoms with van der Waals surface area (Å²) in [5.74, 6) is -0.147. The zero-order valence-corrected chi connectivity index (χ0v) is 9.63. The average Bonchev–Trinajstić information content (AvgIpc) is 2.16. The van der Waals surface area contributed by atoms with Crippen LogP contribution in [0.2, 0.25) is 0 Å². The molecular formula is C6H8Br2N2O2. The van der Waals surface area contributed by atoms with Gasteiger partial charge in [0.25, 0.3) is 0 Å². The lowest BCUT2D eigenvalue weighted by molar-refractivity contribution is -0.125. The van der Waals surface area contributed by atoms with Crippen molar-refractivity contribution in [2.45, 2.75) is 3.74 Å². The van der Waals surface area contributed by atoms with Crippen molar-refractivity contribution < 1.29 is 9.59 Å². The van der Waals surface area contributed by atoms with E-state index in [2.05, 4.69) is 31.9 Å². The molecule has 0 bridgehead atoms. The average molecular weight is 300 g/mol. The number of amides is 3. The van der Waals surface area contributed by atoms with Gasteiger partial charge < -0.3 is 4.90 Å². The Kier molecular flexibility index (Phi) is 3.11. The molecule has 0 aromatic carbocycles. The van der Waals surface area contributed by atoms with Crippen LogP contribution in [0.1, 0.15) is 0 Å². The highest BCUT2D eigenvalue weighted by atomic mass is 79.9. The van der Waals surface area contributed by atoms with Gasteiger partial charge in [0.2, 0.25) is 5.91 Å². The second-order valence-corrected chi connectivity index (χ2v) is 5.97. The Labute approximate surface area is 87.1 Å². The second-order valence-electron chi connectivity index (χ2n) is 2.53. The normalized spacial score (nSPS) is 18.3. The van der Waals surface area contributed by atoms with Crippen LogP contribution in [0.4, 0.5) is 4.79 Å². The summed E-state index contributed by atoms with van der Waals surface area (Å²) >= 11 is 6.42. The van der Waals surface area contributed by atoms with Gasteiger partial charge >= 0.3 is 6.03 Å². The number of carbonyl (C=O) groups excluding carboxylic acids is 2. The molecule has 1 fully saturated rings. The molecule has 68 valence electrons. The standard InChI is InChI=1S/C6H8Br2N2O2/c1-9-3-5(11)10(6(9)12)2-4(7)8/h4H,2-3H2,1H3. The summed E-state index contributed by atoms with van der Waals surface area (Å²) in [6.45, 7) is 0.549. The van der Waals surface area contributed by atoms with Gasteiger partial charge in [0.15, 0.2) is 0 Å². The van der Waals surface area contributed by atoms with Crippen LogP contribution >= 0.6 is 31.9 Å². The quantitative estimate of drug-likeness (QED) is 0.564. The number of alkyl halides is 2. The Morgan fingerprint density at radius 3 is 2.42 bits per heavy atom. The Hall–Kier alpha value is -0.100. The first-order chi connectivity index (χ1) is 5.52. The molecule has 0 aromatic rings. The molecule has 4 nitrogen and oxygen atoms in total. The van der Waals surface area contributed by atoms with E-state index in [1.165, 1.54) is 9.80 Å². The van der Waals surface area contributed by atoms with Crippen LogP contribution in [0.5, 0.6) is 0 Å². The van der Waals surface area contributed by atoms with Crippen LogP contribution in [0.25, 0.3) is 0 Å². The molecule has 3 amide bonds. The highest BCUT2D eigenvalue weighted by molar-refractivity contribution is 9.24. The van der Waals surface area contributed by atoms with Gasteiger partial charge in [-0.2, -0.15) is 0 Å². The number of urea groups is 1. The van der Waals surface area contributed by atoms with Crippen LogP contribution < -0.4 is 0 Å². The summed E-state index contributed by atoms with van der Waals surface area (Å²) in [6, 6.07) is -0.232. The molecule has 1 heterocycles. The molecule has 0 N–H and O–H groups in total. The van der Waals surface area contributed by atoms with Crippen LogP contribution in [0, 0.1) is 0 Å². The van der Waals surface area contributed by atoms with Crippen molar-refractivity contribution in [1.29, 1.82) is 0 Å². The predicted molar refractivity (Wildman–Crippen MR) is 51.4 cm³/mol. The summed E-state index contributed by atoms with van der Waals surface area (Å²) in [6.07, 6.45) is 0. The van der Waals surface area contributed by atoms with E-state index in [-0.39, 0.29) is 22.2 Å². The van der Waals surface area contributed by atoms with Gasteiger partial charge in [-0.3, -0.25) is 9.69 Å². The van der Waals surface area contributed by atoms with Crippen LogP contribution in [-0.2, 0) is 4.79 Å². The lowest BCUT2D eigenvalue weighted by Gasteiger charge is -2.14. The number of carbonyl (C=O) groups is 2. The fourth-order valence-electron chi connectivity index (χ4n) is 0.987. The molecule has 1 aliphatic rings. The molecule has 0 saturated carbocycles.